The van der Waals surface area contributed by atoms with E-state index in [9.17, 15) is 20.2 Å². The van der Waals surface area contributed by atoms with Crippen molar-refractivity contribution in [3.63, 3.8) is 0 Å². The van der Waals surface area contributed by atoms with Crippen LogP contribution in [-0.2, 0) is 6.42 Å². The van der Waals surface area contributed by atoms with Gasteiger partial charge in [-0.05, 0) is 18.1 Å². The van der Waals surface area contributed by atoms with Crippen LogP contribution in [0.25, 0.3) is 0 Å². The Hall–Kier alpha value is -2.64. The van der Waals surface area contributed by atoms with Crippen molar-refractivity contribution < 1.29 is 15.0 Å². The second-order valence-electron chi connectivity index (χ2n) is 3.14. The van der Waals surface area contributed by atoms with Crippen LogP contribution in [0.2, 0.25) is 0 Å². The van der Waals surface area contributed by atoms with E-state index >= 15 is 0 Å². The zero-order valence-electron chi connectivity index (χ0n) is 8.57. The van der Waals surface area contributed by atoms with Crippen molar-refractivity contribution in [3.05, 3.63) is 50.3 Å². The first kappa shape index (κ1) is 12.4. The highest BCUT2D eigenvalue weighted by Gasteiger charge is 2.21. The maximum absolute atomic E-state index is 10.7. The molecule has 8 heteroatoms. The number of nitrogens with two attached hydrogens (primary N) is 1. The van der Waals surface area contributed by atoms with E-state index in [-0.39, 0.29) is 17.7 Å². The van der Waals surface area contributed by atoms with Gasteiger partial charge in [0, 0.05) is 6.07 Å². The molecule has 0 saturated heterocycles. The van der Waals surface area contributed by atoms with E-state index in [2.05, 4.69) is 0 Å². The van der Waals surface area contributed by atoms with Crippen molar-refractivity contribution in [1.29, 1.82) is 0 Å². The van der Waals surface area contributed by atoms with Crippen LogP contribution in [0, 0.1) is 20.2 Å². The van der Waals surface area contributed by atoms with Crippen molar-refractivity contribution in [1.82, 2.24) is 0 Å². The minimum absolute atomic E-state index is 0.0743. The zero-order valence-corrected chi connectivity index (χ0v) is 8.57. The van der Waals surface area contributed by atoms with Gasteiger partial charge in [0.15, 0.2) is 0 Å². The highest BCUT2D eigenvalue weighted by molar-refractivity contribution is 5.67. The average Bonchev–Trinajstić information content (AvgIpc) is 2.26. The van der Waals surface area contributed by atoms with Crippen LogP contribution in [0.1, 0.15) is 5.56 Å². The van der Waals surface area contributed by atoms with Gasteiger partial charge >= 0.3 is 0 Å². The molecule has 8 nitrogen and oxygen atoms in total. The second kappa shape index (κ2) is 4.92. The Bertz CT molecular complexity index is 498. The molecule has 1 aromatic carbocycles. The fourth-order valence-electron chi connectivity index (χ4n) is 1.29. The van der Waals surface area contributed by atoms with Crippen molar-refractivity contribution in [3.8, 4) is 0 Å². The van der Waals surface area contributed by atoms with Crippen molar-refractivity contribution >= 4 is 17.1 Å². The summed E-state index contributed by atoms with van der Waals surface area (Å²) < 4.78 is 0. The topological polar surface area (TPSA) is 133 Å². The Balaban J connectivity index is 3.37. The van der Waals surface area contributed by atoms with Crippen LogP contribution in [0.4, 0.5) is 17.1 Å². The van der Waals surface area contributed by atoms with Crippen LogP contribution in [-0.4, -0.2) is 15.0 Å². The summed E-state index contributed by atoms with van der Waals surface area (Å²) in [4.78, 5) is 19.7. The molecule has 3 N–H and O–H groups in total. The highest BCUT2D eigenvalue weighted by atomic mass is 16.6. The smallest absolute Gasteiger partial charge is 0.299 e. The zero-order chi connectivity index (χ0) is 13.0. The van der Waals surface area contributed by atoms with E-state index in [1.165, 1.54) is 6.08 Å². The number of nitro benzene ring substituents is 2. The number of aliphatic hydroxyl groups is 1. The number of nitrogen functional groups attached to an aromatic ring is 1. The Labute approximate surface area is 95.3 Å². The van der Waals surface area contributed by atoms with E-state index < -0.39 is 21.2 Å². The van der Waals surface area contributed by atoms with Gasteiger partial charge in [-0.2, -0.15) is 0 Å². The molecule has 0 aliphatic heterocycles. The summed E-state index contributed by atoms with van der Waals surface area (Å²) >= 11 is 0. The summed E-state index contributed by atoms with van der Waals surface area (Å²) in [7, 11) is 0. The number of benzene rings is 1. The van der Waals surface area contributed by atoms with Gasteiger partial charge in [0.2, 0.25) is 0 Å². The first-order chi connectivity index (χ1) is 7.97. The monoisotopic (exact) mass is 239 g/mol. The maximum Gasteiger partial charge on any atom is 0.299 e. The molecular formula is C9H9N3O5. The van der Waals surface area contributed by atoms with Crippen LogP contribution >= 0.6 is 0 Å². The minimum Gasteiger partial charge on any atom is -0.516 e. The van der Waals surface area contributed by atoms with Crippen molar-refractivity contribution in [2.45, 2.75) is 6.42 Å². The molecule has 0 saturated carbocycles. The molecule has 0 amide bonds. The lowest BCUT2D eigenvalue weighted by Gasteiger charge is -2.03. The molecule has 1 rings (SSSR count). The Morgan fingerprint density at radius 2 is 1.94 bits per heavy atom. The van der Waals surface area contributed by atoms with E-state index in [1.807, 2.05) is 0 Å². The number of hydrogen-bond donors (Lipinski definition) is 2. The fourth-order valence-corrected chi connectivity index (χ4v) is 1.29. The Morgan fingerprint density at radius 1 is 1.29 bits per heavy atom. The van der Waals surface area contributed by atoms with Crippen molar-refractivity contribution in [2.75, 3.05) is 5.73 Å². The third-order valence-corrected chi connectivity index (χ3v) is 2.08. The van der Waals surface area contributed by atoms with Crippen LogP contribution in [0.15, 0.2) is 24.5 Å². The molecular weight excluding hydrogens is 230 g/mol. The number of allylic oxidation sites excluding steroid dienone is 1. The molecule has 0 aliphatic rings. The highest BCUT2D eigenvalue weighted by Crippen LogP contribution is 2.31. The number of nitro groups is 2. The molecule has 1 aromatic rings. The number of rotatable bonds is 4. The number of nitrogens with zero attached hydrogens (tertiary/aromatic N) is 2. The summed E-state index contributed by atoms with van der Waals surface area (Å²) in [6, 6.07) is 1.95. The lowest BCUT2D eigenvalue weighted by atomic mass is 10.1. The quantitative estimate of drug-likeness (QED) is 0.355. The number of aliphatic hydroxyl groups excluding tert-OH is 1. The third-order valence-electron chi connectivity index (χ3n) is 2.08. The molecule has 0 fully saturated rings. The number of anilines is 1. The molecule has 17 heavy (non-hydrogen) atoms. The van der Waals surface area contributed by atoms with Crippen LogP contribution < -0.4 is 5.73 Å². The van der Waals surface area contributed by atoms with Gasteiger partial charge < -0.3 is 10.8 Å². The Kier molecular flexibility index (Phi) is 3.60. The van der Waals surface area contributed by atoms with Gasteiger partial charge in [0.05, 0.1) is 22.2 Å². The van der Waals surface area contributed by atoms with Crippen LogP contribution in [0.3, 0.4) is 0 Å². The molecule has 0 radical (unpaired) electrons. The number of hydrogen-bond acceptors (Lipinski definition) is 6. The fraction of sp³-hybridized carbons (Fsp3) is 0.111. The van der Waals surface area contributed by atoms with Gasteiger partial charge in [-0.15, -0.1) is 0 Å². The summed E-state index contributed by atoms with van der Waals surface area (Å²) in [6.07, 6.45) is 2.09. The molecule has 0 unspecified atom stereocenters. The molecule has 0 atom stereocenters. The maximum atomic E-state index is 10.7. The third kappa shape index (κ3) is 2.68. The van der Waals surface area contributed by atoms with Gasteiger partial charge in [-0.25, -0.2) is 0 Å². The largest absolute Gasteiger partial charge is 0.516 e. The lowest BCUT2D eigenvalue weighted by molar-refractivity contribution is -0.393. The van der Waals surface area contributed by atoms with E-state index in [1.54, 1.807) is 0 Å². The van der Waals surface area contributed by atoms with Crippen LogP contribution in [0.5, 0.6) is 0 Å². The second-order valence-corrected chi connectivity index (χ2v) is 3.14. The molecule has 0 aliphatic carbocycles. The summed E-state index contributed by atoms with van der Waals surface area (Å²) in [5.41, 5.74) is 4.67. The molecule has 0 bridgehead atoms. The lowest BCUT2D eigenvalue weighted by Crippen LogP contribution is -2.02. The Morgan fingerprint density at radius 3 is 2.41 bits per heavy atom. The van der Waals surface area contributed by atoms with E-state index in [0.717, 1.165) is 18.4 Å². The van der Waals surface area contributed by atoms with Gasteiger partial charge in [-0.3, -0.25) is 20.2 Å². The molecule has 0 heterocycles. The summed E-state index contributed by atoms with van der Waals surface area (Å²) in [6.45, 7) is 0. The molecule has 0 aromatic heterocycles. The first-order valence-electron chi connectivity index (χ1n) is 4.47. The number of non-ortho nitro benzene ring substituents is 1. The van der Waals surface area contributed by atoms with E-state index in [4.69, 9.17) is 10.8 Å². The average molecular weight is 239 g/mol. The minimum atomic E-state index is -0.783. The van der Waals surface area contributed by atoms with Gasteiger partial charge in [0.1, 0.15) is 5.69 Å². The van der Waals surface area contributed by atoms with Crippen molar-refractivity contribution in [2.24, 2.45) is 0 Å². The molecule has 0 spiro atoms. The van der Waals surface area contributed by atoms with Gasteiger partial charge in [-0.1, -0.05) is 0 Å². The standard InChI is InChI=1S/C9H9N3O5/c10-9-6(2-1-3-13)4-7(11(14)15)5-8(9)12(16)17/h1,3-5,13H,2,10H2. The van der Waals surface area contributed by atoms with E-state index in [0.29, 0.717) is 0 Å². The summed E-state index contributed by atoms with van der Waals surface area (Å²) in [5, 5.41) is 29.7. The predicted molar refractivity (Wildman–Crippen MR) is 59.6 cm³/mol. The first-order valence-corrected chi connectivity index (χ1v) is 4.47. The van der Waals surface area contributed by atoms with Gasteiger partial charge in [0.25, 0.3) is 11.4 Å². The predicted octanol–water partition coefficient (Wildman–Crippen LogP) is 1.70. The SMILES string of the molecule is Nc1c(CC=CO)cc([N+](=O)[O-])cc1[N+](=O)[O-]. The normalized spacial score (nSPS) is 10.6. The summed E-state index contributed by atoms with van der Waals surface area (Å²) in [5.74, 6) is 0. The molecule has 90 valence electrons.